The summed E-state index contributed by atoms with van der Waals surface area (Å²) >= 11 is 6.35. The van der Waals surface area contributed by atoms with Crippen molar-refractivity contribution in [1.29, 1.82) is 0 Å². The molecule has 4 aromatic rings. The molecule has 1 heterocycles. The van der Waals surface area contributed by atoms with Crippen molar-refractivity contribution in [2.24, 2.45) is 0 Å². The van der Waals surface area contributed by atoms with Crippen LogP contribution in [0.15, 0.2) is 83.3 Å². The average molecular weight is 408 g/mol. The number of carbonyl (C=O) groups excluding carboxylic acids is 1. The van der Waals surface area contributed by atoms with Gasteiger partial charge in [-0.2, -0.15) is 0 Å². The standard InChI is InChI=1S/C22H15ClFN3O2/c23-18-12-5-4-11-17(18)19(25-20(28)15-9-6-10-16(24)13-15)22-27-26-21(29-22)14-7-2-1-3-8-14/h1-13,19H,(H,25,28)/t19-/m1/s1. The van der Waals surface area contributed by atoms with Gasteiger partial charge in [0.25, 0.3) is 5.91 Å². The van der Waals surface area contributed by atoms with Gasteiger partial charge in [-0.05, 0) is 36.4 Å². The summed E-state index contributed by atoms with van der Waals surface area (Å²) in [5.74, 6) is -0.510. The summed E-state index contributed by atoms with van der Waals surface area (Å²) in [6.07, 6.45) is 0. The zero-order valence-electron chi connectivity index (χ0n) is 15.0. The van der Waals surface area contributed by atoms with Crippen LogP contribution in [0.5, 0.6) is 0 Å². The second-order valence-corrected chi connectivity index (χ2v) is 6.66. The Morgan fingerprint density at radius 3 is 2.48 bits per heavy atom. The summed E-state index contributed by atoms with van der Waals surface area (Å²) in [7, 11) is 0. The maximum Gasteiger partial charge on any atom is 0.252 e. The molecule has 0 unspecified atom stereocenters. The lowest BCUT2D eigenvalue weighted by atomic mass is 10.1. The number of nitrogens with one attached hydrogen (secondary N) is 1. The number of nitrogens with zero attached hydrogens (tertiary/aromatic N) is 2. The average Bonchev–Trinajstić information content (AvgIpc) is 3.23. The SMILES string of the molecule is O=C(N[C@@H](c1nnc(-c2ccccc2)o1)c1ccccc1Cl)c1cccc(F)c1. The van der Waals surface area contributed by atoms with Gasteiger partial charge in [0.05, 0.1) is 0 Å². The minimum absolute atomic E-state index is 0.168. The van der Waals surface area contributed by atoms with Crippen molar-refractivity contribution in [2.75, 3.05) is 0 Å². The second-order valence-electron chi connectivity index (χ2n) is 6.25. The highest BCUT2D eigenvalue weighted by molar-refractivity contribution is 6.31. The van der Waals surface area contributed by atoms with Crippen molar-refractivity contribution in [3.63, 3.8) is 0 Å². The maximum atomic E-state index is 13.5. The van der Waals surface area contributed by atoms with Crippen LogP contribution < -0.4 is 5.32 Å². The van der Waals surface area contributed by atoms with Crippen molar-refractivity contribution in [3.8, 4) is 11.5 Å². The molecule has 7 heteroatoms. The van der Waals surface area contributed by atoms with Crippen LogP contribution in [0.2, 0.25) is 5.02 Å². The highest BCUT2D eigenvalue weighted by atomic mass is 35.5. The summed E-state index contributed by atoms with van der Waals surface area (Å²) in [4.78, 5) is 12.7. The Balaban J connectivity index is 1.71. The van der Waals surface area contributed by atoms with Gasteiger partial charge in [-0.1, -0.05) is 54.1 Å². The molecule has 5 nitrogen and oxygen atoms in total. The number of amides is 1. The molecule has 0 spiro atoms. The molecule has 0 aliphatic rings. The largest absolute Gasteiger partial charge is 0.418 e. The molecule has 29 heavy (non-hydrogen) atoms. The third kappa shape index (κ3) is 4.17. The van der Waals surface area contributed by atoms with Crippen LogP contribution in [0, 0.1) is 5.82 Å². The Labute approximate surface area is 171 Å². The second kappa shape index (κ2) is 8.24. The Hall–Kier alpha value is -3.51. The molecule has 0 aliphatic heterocycles. The van der Waals surface area contributed by atoms with E-state index in [9.17, 15) is 9.18 Å². The lowest BCUT2D eigenvalue weighted by molar-refractivity contribution is 0.0937. The Morgan fingerprint density at radius 2 is 1.72 bits per heavy atom. The summed E-state index contributed by atoms with van der Waals surface area (Å²) < 4.78 is 19.4. The molecule has 0 aliphatic carbocycles. The molecule has 0 saturated heterocycles. The summed E-state index contributed by atoms with van der Waals surface area (Å²) in [6.45, 7) is 0. The van der Waals surface area contributed by atoms with Crippen LogP contribution in [-0.2, 0) is 0 Å². The third-order valence-electron chi connectivity index (χ3n) is 4.29. The normalized spacial score (nSPS) is 11.8. The van der Waals surface area contributed by atoms with Gasteiger partial charge >= 0.3 is 0 Å². The molecule has 1 aromatic heterocycles. The molecule has 144 valence electrons. The van der Waals surface area contributed by atoms with Gasteiger partial charge in [0.2, 0.25) is 11.8 Å². The Bertz CT molecular complexity index is 1150. The molecular formula is C22H15ClFN3O2. The molecule has 0 bridgehead atoms. The van der Waals surface area contributed by atoms with Gasteiger partial charge in [-0.25, -0.2) is 4.39 Å². The van der Waals surface area contributed by atoms with Gasteiger partial charge in [0, 0.05) is 21.7 Å². The molecule has 1 N–H and O–H groups in total. The van der Waals surface area contributed by atoms with E-state index in [1.165, 1.54) is 18.2 Å². The monoisotopic (exact) mass is 407 g/mol. The number of aromatic nitrogens is 2. The van der Waals surface area contributed by atoms with Crippen molar-refractivity contribution < 1.29 is 13.6 Å². The van der Waals surface area contributed by atoms with Gasteiger partial charge in [-0.3, -0.25) is 4.79 Å². The van der Waals surface area contributed by atoms with E-state index in [0.29, 0.717) is 16.5 Å². The number of benzene rings is 3. The summed E-state index contributed by atoms with van der Waals surface area (Å²) in [5.41, 5.74) is 1.51. The lowest BCUT2D eigenvalue weighted by Gasteiger charge is -2.17. The van der Waals surface area contributed by atoms with Gasteiger partial charge in [-0.15, -0.1) is 10.2 Å². The van der Waals surface area contributed by atoms with Crippen LogP contribution in [-0.4, -0.2) is 16.1 Å². The number of carbonyl (C=O) groups is 1. The minimum Gasteiger partial charge on any atom is -0.418 e. The number of halogens is 2. The van der Waals surface area contributed by atoms with Crippen LogP contribution in [0.25, 0.3) is 11.5 Å². The van der Waals surface area contributed by atoms with E-state index in [1.54, 1.807) is 24.3 Å². The summed E-state index contributed by atoms with van der Waals surface area (Å²) in [5, 5.41) is 11.4. The van der Waals surface area contributed by atoms with Crippen LogP contribution in [0.3, 0.4) is 0 Å². The van der Waals surface area contributed by atoms with Crippen molar-refractivity contribution in [1.82, 2.24) is 15.5 Å². The molecule has 1 atom stereocenters. The fraction of sp³-hybridized carbons (Fsp3) is 0.0455. The molecule has 0 saturated carbocycles. The number of hydrogen-bond donors (Lipinski definition) is 1. The van der Waals surface area contributed by atoms with E-state index < -0.39 is 17.8 Å². The van der Waals surface area contributed by atoms with E-state index in [1.807, 2.05) is 30.3 Å². The zero-order chi connectivity index (χ0) is 20.2. The molecular weight excluding hydrogens is 393 g/mol. The number of rotatable bonds is 5. The first-order valence-electron chi connectivity index (χ1n) is 8.81. The van der Waals surface area contributed by atoms with Crippen LogP contribution in [0.4, 0.5) is 4.39 Å². The number of hydrogen-bond acceptors (Lipinski definition) is 4. The first-order chi connectivity index (χ1) is 14.1. The molecule has 0 fully saturated rings. The lowest BCUT2D eigenvalue weighted by Crippen LogP contribution is -2.30. The van der Waals surface area contributed by atoms with E-state index in [0.717, 1.165) is 11.6 Å². The molecule has 4 rings (SSSR count). The van der Waals surface area contributed by atoms with Crippen LogP contribution in [0.1, 0.15) is 27.9 Å². The van der Waals surface area contributed by atoms with E-state index in [4.69, 9.17) is 16.0 Å². The molecule has 1 amide bonds. The fourth-order valence-corrected chi connectivity index (χ4v) is 3.12. The van der Waals surface area contributed by atoms with E-state index in [-0.39, 0.29) is 11.5 Å². The van der Waals surface area contributed by atoms with E-state index >= 15 is 0 Å². The van der Waals surface area contributed by atoms with Crippen molar-refractivity contribution in [3.05, 3.63) is 107 Å². The van der Waals surface area contributed by atoms with Gasteiger partial charge < -0.3 is 9.73 Å². The molecule has 0 radical (unpaired) electrons. The van der Waals surface area contributed by atoms with Gasteiger partial charge in [0.15, 0.2) is 0 Å². The predicted octanol–water partition coefficient (Wildman–Crippen LogP) is 5.05. The quantitative estimate of drug-likeness (QED) is 0.502. The molecule has 3 aromatic carbocycles. The Morgan fingerprint density at radius 1 is 0.966 bits per heavy atom. The highest BCUT2D eigenvalue weighted by Crippen LogP contribution is 2.29. The Kier molecular flexibility index (Phi) is 5.35. The van der Waals surface area contributed by atoms with E-state index in [2.05, 4.69) is 15.5 Å². The topological polar surface area (TPSA) is 68.0 Å². The predicted molar refractivity (Wildman–Crippen MR) is 107 cm³/mol. The minimum atomic E-state index is -0.801. The fourth-order valence-electron chi connectivity index (χ4n) is 2.87. The van der Waals surface area contributed by atoms with Crippen LogP contribution >= 0.6 is 11.6 Å². The maximum absolute atomic E-state index is 13.5. The highest BCUT2D eigenvalue weighted by Gasteiger charge is 2.26. The zero-order valence-corrected chi connectivity index (χ0v) is 15.8. The van der Waals surface area contributed by atoms with Gasteiger partial charge in [0.1, 0.15) is 11.9 Å². The summed E-state index contributed by atoms with van der Waals surface area (Å²) in [6, 6.07) is 20.9. The third-order valence-corrected chi connectivity index (χ3v) is 4.63. The first kappa shape index (κ1) is 18.8. The first-order valence-corrected chi connectivity index (χ1v) is 9.19. The smallest absolute Gasteiger partial charge is 0.252 e. The van der Waals surface area contributed by atoms with Crippen molar-refractivity contribution >= 4 is 17.5 Å². The van der Waals surface area contributed by atoms with Crippen molar-refractivity contribution in [2.45, 2.75) is 6.04 Å².